The molecule has 0 aromatic rings. The van der Waals surface area contributed by atoms with Gasteiger partial charge in [-0.2, -0.15) is 0 Å². The topological polar surface area (TPSA) is 49.6 Å². The van der Waals surface area contributed by atoms with Crippen molar-refractivity contribution in [1.82, 2.24) is 9.80 Å². The zero-order valence-electron chi connectivity index (χ0n) is 11.5. The zero-order chi connectivity index (χ0) is 12.5. The molecule has 1 aliphatic heterocycles. The summed E-state index contributed by atoms with van der Waals surface area (Å²) < 4.78 is 0. The minimum atomic E-state index is 0. The SMILES string of the molecule is CN(CC1CC1)C(=O)CN1CCC(C)(CN)C1.Cl. The first kappa shape index (κ1) is 15.7. The van der Waals surface area contributed by atoms with Crippen molar-refractivity contribution >= 4 is 18.3 Å². The molecule has 5 heteroatoms. The Kier molecular flexibility index (Phi) is 5.44. The van der Waals surface area contributed by atoms with Crippen molar-refractivity contribution in [3.05, 3.63) is 0 Å². The van der Waals surface area contributed by atoms with Crippen LogP contribution in [0.25, 0.3) is 0 Å². The van der Waals surface area contributed by atoms with Crippen LogP contribution in [0, 0.1) is 11.3 Å². The molecule has 0 aromatic heterocycles. The molecule has 2 rings (SSSR count). The van der Waals surface area contributed by atoms with E-state index < -0.39 is 0 Å². The van der Waals surface area contributed by atoms with E-state index in [0.29, 0.717) is 6.54 Å². The monoisotopic (exact) mass is 275 g/mol. The summed E-state index contributed by atoms with van der Waals surface area (Å²) in [5.41, 5.74) is 5.99. The van der Waals surface area contributed by atoms with Crippen LogP contribution in [-0.4, -0.2) is 55.5 Å². The number of carbonyl (C=O) groups is 1. The third-order valence-corrected chi connectivity index (χ3v) is 4.14. The van der Waals surface area contributed by atoms with Gasteiger partial charge in [-0.3, -0.25) is 9.69 Å². The molecule has 106 valence electrons. The average Bonchev–Trinajstić information content (AvgIpc) is 3.02. The Balaban J connectivity index is 0.00000162. The maximum atomic E-state index is 12.0. The van der Waals surface area contributed by atoms with Crippen molar-refractivity contribution in [1.29, 1.82) is 0 Å². The van der Waals surface area contributed by atoms with Gasteiger partial charge in [0.15, 0.2) is 0 Å². The highest BCUT2D eigenvalue weighted by Gasteiger charge is 2.34. The van der Waals surface area contributed by atoms with Crippen LogP contribution in [0.3, 0.4) is 0 Å². The molecular weight excluding hydrogens is 250 g/mol. The van der Waals surface area contributed by atoms with Crippen LogP contribution >= 0.6 is 12.4 Å². The zero-order valence-corrected chi connectivity index (χ0v) is 12.3. The molecule has 0 aromatic carbocycles. The first-order valence-electron chi connectivity index (χ1n) is 6.69. The molecule has 1 saturated carbocycles. The Morgan fingerprint density at radius 2 is 2.17 bits per heavy atom. The van der Waals surface area contributed by atoms with E-state index in [0.717, 1.165) is 38.5 Å². The second-order valence-corrected chi connectivity index (χ2v) is 6.19. The smallest absolute Gasteiger partial charge is 0.236 e. The molecule has 1 atom stereocenters. The summed E-state index contributed by atoms with van der Waals surface area (Å²) >= 11 is 0. The normalized spacial score (nSPS) is 27.9. The molecule has 0 bridgehead atoms. The van der Waals surface area contributed by atoms with Crippen LogP contribution in [0.2, 0.25) is 0 Å². The molecule has 2 fully saturated rings. The number of halogens is 1. The van der Waals surface area contributed by atoms with Crippen LogP contribution in [0.15, 0.2) is 0 Å². The van der Waals surface area contributed by atoms with Crippen molar-refractivity contribution in [3.8, 4) is 0 Å². The van der Waals surface area contributed by atoms with E-state index in [1.165, 1.54) is 12.8 Å². The van der Waals surface area contributed by atoms with Crippen molar-refractivity contribution in [3.63, 3.8) is 0 Å². The highest BCUT2D eigenvalue weighted by atomic mass is 35.5. The average molecular weight is 276 g/mol. The lowest BCUT2D eigenvalue weighted by atomic mass is 9.90. The Bertz CT molecular complexity index is 296. The van der Waals surface area contributed by atoms with Gasteiger partial charge in [0.25, 0.3) is 0 Å². The fourth-order valence-corrected chi connectivity index (χ4v) is 2.53. The molecule has 2 aliphatic rings. The van der Waals surface area contributed by atoms with Gasteiger partial charge >= 0.3 is 0 Å². The molecule has 0 spiro atoms. The molecule has 2 N–H and O–H groups in total. The Morgan fingerprint density at radius 3 is 2.67 bits per heavy atom. The number of rotatable bonds is 5. The largest absolute Gasteiger partial charge is 0.344 e. The number of nitrogens with two attached hydrogens (primary N) is 1. The van der Waals surface area contributed by atoms with Gasteiger partial charge in [-0.15, -0.1) is 12.4 Å². The summed E-state index contributed by atoms with van der Waals surface area (Å²) in [4.78, 5) is 16.2. The van der Waals surface area contributed by atoms with E-state index in [1.54, 1.807) is 0 Å². The lowest BCUT2D eigenvalue weighted by Crippen LogP contribution is -2.39. The van der Waals surface area contributed by atoms with E-state index >= 15 is 0 Å². The van der Waals surface area contributed by atoms with E-state index in [-0.39, 0.29) is 23.7 Å². The van der Waals surface area contributed by atoms with Crippen LogP contribution in [0.5, 0.6) is 0 Å². The minimum Gasteiger partial charge on any atom is -0.344 e. The van der Waals surface area contributed by atoms with Gasteiger partial charge in [0, 0.05) is 20.1 Å². The highest BCUT2D eigenvalue weighted by Crippen LogP contribution is 2.30. The predicted octanol–water partition coefficient (Wildman–Crippen LogP) is 0.947. The number of hydrogen-bond acceptors (Lipinski definition) is 3. The van der Waals surface area contributed by atoms with Gasteiger partial charge in [-0.25, -0.2) is 0 Å². The summed E-state index contributed by atoms with van der Waals surface area (Å²) in [5, 5.41) is 0. The Morgan fingerprint density at radius 1 is 1.50 bits per heavy atom. The first-order chi connectivity index (χ1) is 8.02. The Hall–Kier alpha value is -0.320. The predicted molar refractivity (Wildman–Crippen MR) is 75.8 cm³/mol. The lowest BCUT2D eigenvalue weighted by Gasteiger charge is -2.24. The lowest BCUT2D eigenvalue weighted by molar-refractivity contribution is -0.131. The molecule has 0 radical (unpaired) electrons. The third kappa shape index (κ3) is 4.11. The molecule has 1 heterocycles. The second-order valence-electron chi connectivity index (χ2n) is 6.19. The molecule has 1 amide bonds. The number of amides is 1. The van der Waals surface area contributed by atoms with E-state index in [1.807, 2.05) is 11.9 Å². The van der Waals surface area contributed by atoms with Crippen LogP contribution in [0.1, 0.15) is 26.2 Å². The Labute approximate surface area is 116 Å². The maximum Gasteiger partial charge on any atom is 0.236 e. The second kappa shape index (κ2) is 6.22. The number of hydrogen-bond donors (Lipinski definition) is 1. The van der Waals surface area contributed by atoms with Gasteiger partial charge in [0.05, 0.1) is 6.54 Å². The summed E-state index contributed by atoms with van der Waals surface area (Å²) in [6.45, 7) is 6.42. The van der Waals surface area contributed by atoms with Crippen molar-refractivity contribution in [2.24, 2.45) is 17.1 Å². The number of carbonyl (C=O) groups excluding carboxylic acids is 1. The minimum absolute atomic E-state index is 0. The van der Waals surface area contributed by atoms with E-state index in [2.05, 4.69) is 11.8 Å². The summed E-state index contributed by atoms with van der Waals surface area (Å²) in [7, 11) is 1.93. The quantitative estimate of drug-likeness (QED) is 0.813. The number of likely N-dealkylation sites (tertiary alicyclic amines) is 1. The third-order valence-electron chi connectivity index (χ3n) is 4.14. The molecule has 1 saturated heterocycles. The van der Waals surface area contributed by atoms with E-state index in [4.69, 9.17) is 5.73 Å². The van der Waals surface area contributed by atoms with Crippen LogP contribution in [-0.2, 0) is 4.79 Å². The summed E-state index contributed by atoms with van der Waals surface area (Å²) in [5.74, 6) is 1.04. The molecule has 1 aliphatic carbocycles. The molecular formula is C13H26ClN3O. The molecule has 1 unspecified atom stereocenters. The summed E-state index contributed by atoms with van der Waals surface area (Å²) in [6.07, 6.45) is 3.71. The number of nitrogens with zero attached hydrogens (tertiary/aromatic N) is 2. The van der Waals surface area contributed by atoms with E-state index in [9.17, 15) is 4.79 Å². The van der Waals surface area contributed by atoms with Gasteiger partial charge in [0.2, 0.25) is 5.91 Å². The highest BCUT2D eigenvalue weighted by molar-refractivity contribution is 5.85. The van der Waals surface area contributed by atoms with Gasteiger partial charge in [0.1, 0.15) is 0 Å². The molecule has 18 heavy (non-hydrogen) atoms. The van der Waals surface area contributed by atoms with Crippen molar-refractivity contribution < 1.29 is 4.79 Å². The fourth-order valence-electron chi connectivity index (χ4n) is 2.53. The van der Waals surface area contributed by atoms with Gasteiger partial charge in [-0.1, -0.05) is 6.92 Å². The van der Waals surface area contributed by atoms with Crippen molar-refractivity contribution in [2.45, 2.75) is 26.2 Å². The standard InChI is InChI=1S/C13H25N3O.ClH/c1-13(9-14)5-6-16(10-13)8-12(17)15(2)7-11-3-4-11;/h11H,3-10,14H2,1-2H3;1H. The summed E-state index contributed by atoms with van der Waals surface area (Å²) in [6, 6.07) is 0. The maximum absolute atomic E-state index is 12.0. The van der Waals surface area contributed by atoms with Gasteiger partial charge in [-0.05, 0) is 43.7 Å². The van der Waals surface area contributed by atoms with Gasteiger partial charge < -0.3 is 10.6 Å². The molecule has 4 nitrogen and oxygen atoms in total. The fraction of sp³-hybridized carbons (Fsp3) is 0.923. The first-order valence-corrected chi connectivity index (χ1v) is 6.69. The number of likely N-dealkylation sites (N-methyl/N-ethyl adjacent to an activating group) is 1. The van der Waals surface area contributed by atoms with Crippen LogP contribution < -0.4 is 5.73 Å². The van der Waals surface area contributed by atoms with Crippen LogP contribution in [0.4, 0.5) is 0 Å². The van der Waals surface area contributed by atoms with Crippen molar-refractivity contribution in [2.75, 3.05) is 39.8 Å².